The molecule has 2 heteroatoms. The van der Waals surface area contributed by atoms with Crippen LogP contribution in [-0.2, 0) is 6.42 Å². The Labute approximate surface area is 105 Å². The first-order valence-electron chi connectivity index (χ1n) is 5.19. The van der Waals surface area contributed by atoms with E-state index < -0.39 is 0 Å². The van der Waals surface area contributed by atoms with Crippen LogP contribution in [0.4, 0.5) is 0 Å². The van der Waals surface area contributed by atoms with Gasteiger partial charge in [-0.25, -0.2) is 0 Å². The van der Waals surface area contributed by atoms with E-state index in [1.807, 2.05) is 0 Å². The van der Waals surface area contributed by atoms with Gasteiger partial charge in [-0.1, -0.05) is 43.7 Å². The molecule has 74 valence electrons. The summed E-state index contributed by atoms with van der Waals surface area (Å²) in [6, 6.07) is 8.40. The summed E-state index contributed by atoms with van der Waals surface area (Å²) in [5.74, 6) is 0. The van der Waals surface area contributed by atoms with Crippen LogP contribution in [0.5, 0.6) is 0 Å². The molecule has 0 atom stereocenters. The molecule has 1 aromatic carbocycles. The number of rotatable bonds is 3. The first kappa shape index (κ1) is 12.3. The van der Waals surface area contributed by atoms with Crippen LogP contribution in [0, 0.1) is 5.41 Å². The van der Waals surface area contributed by atoms with Crippen molar-refractivity contribution < 1.29 is 20.3 Å². The number of allylic oxidation sites excluding steroid dienone is 2. The topological polar surface area (TPSA) is 23.9 Å². The number of benzene rings is 1. The quantitative estimate of drug-likeness (QED) is 0.536. The molecule has 0 bridgehead atoms. The fourth-order valence-corrected chi connectivity index (χ4v) is 1.95. The van der Waals surface area contributed by atoms with Gasteiger partial charge in [0.1, 0.15) is 0 Å². The summed E-state index contributed by atoms with van der Waals surface area (Å²) in [5, 5.41) is 7.95. The third kappa shape index (κ3) is 2.42. The van der Waals surface area contributed by atoms with Gasteiger partial charge < -0.3 is 6.84 Å². The molecule has 0 fully saturated rings. The van der Waals surface area contributed by atoms with E-state index in [-0.39, 0.29) is 20.3 Å². The number of hydrogen-bond acceptors (Lipinski definition) is 1. The Kier molecular flexibility index (Phi) is 4.39. The Hall–Kier alpha value is -0.773. The van der Waals surface area contributed by atoms with Gasteiger partial charge in [0, 0.05) is 5.71 Å². The zero-order valence-electron chi connectivity index (χ0n) is 10.5. The molecule has 0 spiro atoms. The van der Waals surface area contributed by atoms with Crippen LogP contribution in [0.15, 0.2) is 30.3 Å². The molecule has 1 aliphatic rings. The van der Waals surface area contributed by atoms with Crippen LogP contribution in [0.3, 0.4) is 0 Å². The second-order valence-electron chi connectivity index (χ2n) is 3.71. The molecule has 0 radical (unpaired) electrons. The van der Waals surface area contributed by atoms with Gasteiger partial charge in [0.15, 0.2) is 0 Å². The van der Waals surface area contributed by atoms with Gasteiger partial charge in [-0.3, -0.25) is 0 Å². The number of hydrogen-bond donors (Lipinski definition) is 1. The SMILES string of the molecule is CCCC(=N)C1=CCc2ccccc21.[H-].[Li+]. The van der Waals surface area contributed by atoms with Gasteiger partial charge in [0.25, 0.3) is 0 Å². The van der Waals surface area contributed by atoms with Gasteiger partial charge in [0.2, 0.25) is 0 Å². The van der Waals surface area contributed by atoms with E-state index in [9.17, 15) is 0 Å². The molecule has 0 aliphatic heterocycles. The molecule has 15 heavy (non-hydrogen) atoms. The Balaban J connectivity index is 0.00000112. The van der Waals surface area contributed by atoms with Crippen LogP contribution >= 0.6 is 0 Å². The van der Waals surface area contributed by atoms with E-state index >= 15 is 0 Å². The van der Waals surface area contributed by atoms with E-state index in [1.165, 1.54) is 11.1 Å². The van der Waals surface area contributed by atoms with Crippen molar-refractivity contribution in [3.63, 3.8) is 0 Å². The smallest absolute Gasteiger partial charge is 1.00 e. The van der Waals surface area contributed by atoms with Crippen molar-refractivity contribution in [2.24, 2.45) is 0 Å². The minimum atomic E-state index is 0. The molecular formula is C13H16LiN. The predicted octanol–water partition coefficient (Wildman–Crippen LogP) is 0.562. The van der Waals surface area contributed by atoms with Gasteiger partial charge in [-0.15, -0.1) is 0 Å². The molecular weight excluding hydrogens is 177 g/mol. The minimum absolute atomic E-state index is 0. The maximum atomic E-state index is 7.95. The zero-order valence-corrected chi connectivity index (χ0v) is 9.51. The summed E-state index contributed by atoms with van der Waals surface area (Å²) in [7, 11) is 0. The normalized spacial score (nSPS) is 12.7. The van der Waals surface area contributed by atoms with Crippen LogP contribution in [0.2, 0.25) is 0 Å². The van der Waals surface area contributed by atoms with Crippen molar-refractivity contribution in [1.29, 1.82) is 5.41 Å². The van der Waals surface area contributed by atoms with E-state index in [0.717, 1.165) is 30.5 Å². The van der Waals surface area contributed by atoms with Crippen LogP contribution in [0.25, 0.3) is 5.57 Å². The van der Waals surface area contributed by atoms with Crippen molar-refractivity contribution in [2.75, 3.05) is 0 Å². The van der Waals surface area contributed by atoms with Crippen molar-refractivity contribution in [2.45, 2.75) is 26.2 Å². The van der Waals surface area contributed by atoms with Crippen molar-refractivity contribution in [1.82, 2.24) is 0 Å². The maximum Gasteiger partial charge on any atom is 1.00 e. The van der Waals surface area contributed by atoms with Gasteiger partial charge in [-0.05, 0) is 29.5 Å². The molecule has 0 saturated carbocycles. The third-order valence-corrected chi connectivity index (χ3v) is 2.66. The summed E-state index contributed by atoms with van der Waals surface area (Å²) in [5.41, 5.74) is 4.58. The molecule has 1 N–H and O–H groups in total. The number of fused-ring (bicyclic) bond motifs is 1. The third-order valence-electron chi connectivity index (χ3n) is 2.66. The second-order valence-corrected chi connectivity index (χ2v) is 3.71. The zero-order chi connectivity index (χ0) is 9.97. The Morgan fingerprint density at radius 1 is 1.40 bits per heavy atom. The molecule has 0 amide bonds. The summed E-state index contributed by atoms with van der Waals surface area (Å²) in [4.78, 5) is 0. The summed E-state index contributed by atoms with van der Waals surface area (Å²) >= 11 is 0. The molecule has 0 unspecified atom stereocenters. The van der Waals surface area contributed by atoms with E-state index in [0.29, 0.717) is 0 Å². The molecule has 0 aromatic heterocycles. The standard InChI is InChI=1S/C13H15N.Li.H/c1-2-5-13(14)12-9-8-10-6-3-4-7-11(10)12;;/h3-4,6-7,9,14H,2,5,8H2,1H3;;/q;+1;-1. The van der Waals surface area contributed by atoms with E-state index in [2.05, 4.69) is 37.3 Å². The fourth-order valence-electron chi connectivity index (χ4n) is 1.95. The molecule has 0 heterocycles. The van der Waals surface area contributed by atoms with E-state index in [4.69, 9.17) is 5.41 Å². The molecule has 1 aromatic rings. The fraction of sp³-hybridized carbons (Fsp3) is 0.308. The molecule has 1 nitrogen and oxygen atoms in total. The second kappa shape index (κ2) is 5.35. The van der Waals surface area contributed by atoms with Crippen LogP contribution in [0.1, 0.15) is 32.3 Å². The summed E-state index contributed by atoms with van der Waals surface area (Å²) in [6.07, 6.45) is 5.12. The van der Waals surface area contributed by atoms with Crippen molar-refractivity contribution in [3.05, 3.63) is 41.5 Å². The first-order valence-corrected chi connectivity index (χ1v) is 5.19. The summed E-state index contributed by atoms with van der Waals surface area (Å²) < 4.78 is 0. The van der Waals surface area contributed by atoms with Gasteiger partial charge in [0.05, 0.1) is 0 Å². The monoisotopic (exact) mass is 193 g/mol. The maximum absolute atomic E-state index is 7.95. The average Bonchev–Trinajstić information content (AvgIpc) is 2.61. The number of nitrogens with one attached hydrogen (secondary N) is 1. The van der Waals surface area contributed by atoms with Gasteiger partial charge >= 0.3 is 18.9 Å². The largest absolute Gasteiger partial charge is 1.00 e. The minimum Gasteiger partial charge on any atom is -1.00 e. The Morgan fingerprint density at radius 3 is 2.87 bits per heavy atom. The Bertz CT molecular complexity index is 399. The summed E-state index contributed by atoms with van der Waals surface area (Å²) in [6.45, 7) is 2.12. The molecule has 0 saturated heterocycles. The van der Waals surface area contributed by atoms with Crippen LogP contribution in [-0.4, -0.2) is 5.71 Å². The predicted molar refractivity (Wildman–Crippen MR) is 61.9 cm³/mol. The van der Waals surface area contributed by atoms with Crippen molar-refractivity contribution >= 4 is 11.3 Å². The first-order chi connectivity index (χ1) is 6.83. The van der Waals surface area contributed by atoms with E-state index in [1.54, 1.807) is 0 Å². The average molecular weight is 193 g/mol. The molecule has 2 rings (SSSR count). The Morgan fingerprint density at radius 2 is 2.13 bits per heavy atom. The van der Waals surface area contributed by atoms with Gasteiger partial charge in [-0.2, -0.15) is 0 Å². The molecule has 1 aliphatic carbocycles. The van der Waals surface area contributed by atoms with Crippen molar-refractivity contribution in [3.8, 4) is 0 Å². The van der Waals surface area contributed by atoms with Crippen LogP contribution < -0.4 is 18.9 Å².